The molecule has 0 spiro atoms. The van der Waals surface area contributed by atoms with Gasteiger partial charge in [0.15, 0.2) is 5.96 Å². The number of aliphatic imine (C=N–C) groups is 1. The fourth-order valence-corrected chi connectivity index (χ4v) is 2.72. The first kappa shape index (κ1) is 21.1. The minimum Gasteiger partial charge on any atom is -0.494 e. The third kappa shape index (κ3) is 7.22. The molecule has 25 heavy (non-hydrogen) atoms. The number of anilines is 1. The lowest BCUT2D eigenvalue weighted by Gasteiger charge is -2.29. The van der Waals surface area contributed by atoms with Crippen molar-refractivity contribution < 1.29 is 9.47 Å². The Morgan fingerprint density at radius 3 is 2.32 bits per heavy atom. The molecule has 0 fully saturated rings. The summed E-state index contributed by atoms with van der Waals surface area (Å²) in [5.74, 6) is 1.88. The van der Waals surface area contributed by atoms with E-state index in [1.807, 2.05) is 32.0 Å². The van der Waals surface area contributed by atoms with Gasteiger partial charge >= 0.3 is 0 Å². The van der Waals surface area contributed by atoms with E-state index in [9.17, 15) is 0 Å². The number of rotatable bonds is 10. The first-order valence-corrected chi connectivity index (χ1v) is 9.11. The highest BCUT2D eigenvalue weighted by atomic mass is 16.5. The van der Waals surface area contributed by atoms with Crippen molar-refractivity contribution in [1.82, 2.24) is 4.90 Å². The first-order valence-electron chi connectivity index (χ1n) is 9.11. The Balaban J connectivity index is 2.76. The van der Waals surface area contributed by atoms with Crippen LogP contribution in [-0.2, 0) is 0 Å². The van der Waals surface area contributed by atoms with Gasteiger partial charge in [-0.25, -0.2) is 0 Å². The molecule has 0 saturated heterocycles. The fraction of sp³-hybridized carbons (Fsp3) is 0.632. The maximum absolute atomic E-state index is 6.06. The van der Waals surface area contributed by atoms with E-state index in [1.54, 1.807) is 0 Å². The molecule has 1 aromatic carbocycles. The van der Waals surface area contributed by atoms with Crippen LogP contribution in [0.2, 0.25) is 0 Å². The number of guanidine groups is 1. The zero-order chi connectivity index (χ0) is 18.8. The smallest absolute Gasteiger partial charge is 0.193 e. The summed E-state index contributed by atoms with van der Waals surface area (Å²) in [5, 5.41) is 3.13. The molecule has 0 atom stereocenters. The van der Waals surface area contributed by atoms with Gasteiger partial charge in [0, 0.05) is 24.7 Å². The third-order valence-corrected chi connectivity index (χ3v) is 3.79. The third-order valence-electron chi connectivity index (χ3n) is 3.79. The molecular weight excluding hydrogens is 316 g/mol. The topological polar surface area (TPSA) is 72.1 Å². The van der Waals surface area contributed by atoms with Gasteiger partial charge in [-0.3, -0.25) is 9.89 Å². The van der Waals surface area contributed by atoms with Crippen LogP contribution in [0.25, 0.3) is 0 Å². The van der Waals surface area contributed by atoms with E-state index in [0.29, 0.717) is 37.8 Å². The van der Waals surface area contributed by atoms with Crippen molar-refractivity contribution in [2.75, 3.05) is 31.6 Å². The molecule has 3 N–H and O–H groups in total. The SMILES string of the molecule is CCOc1ccc(OCC)c(NC(N)=NCCN(C(C)C)C(C)C)c1. The maximum Gasteiger partial charge on any atom is 0.193 e. The molecule has 0 unspecified atom stereocenters. The molecule has 1 aromatic rings. The Kier molecular flexibility index (Phi) is 9.13. The van der Waals surface area contributed by atoms with Crippen molar-refractivity contribution in [3.05, 3.63) is 18.2 Å². The lowest BCUT2D eigenvalue weighted by molar-refractivity contribution is 0.181. The highest BCUT2D eigenvalue weighted by molar-refractivity contribution is 5.94. The molecule has 0 aliphatic heterocycles. The van der Waals surface area contributed by atoms with E-state index in [0.717, 1.165) is 23.7 Å². The molecule has 1 rings (SSSR count). The van der Waals surface area contributed by atoms with Gasteiger partial charge in [0.25, 0.3) is 0 Å². The number of hydrogen-bond acceptors (Lipinski definition) is 4. The average Bonchev–Trinajstić information content (AvgIpc) is 2.53. The Morgan fingerprint density at radius 2 is 1.76 bits per heavy atom. The van der Waals surface area contributed by atoms with Crippen LogP contribution in [0.3, 0.4) is 0 Å². The van der Waals surface area contributed by atoms with Crippen LogP contribution in [0.5, 0.6) is 11.5 Å². The second-order valence-electron chi connectivity index (χ2n) is 6.34. The minimum absolute atomic E-state index is 0.377. The van der Waals surface area contributed by atoms with Crippen LogP contribution in [0, 0.1) is 0 Å². The molecule has 0 heterocycles. The fourth-order valence-electron chi connectivity index (χ4n) is 2.72. The summed E-state index contributed by atoms with van der Waals surface area (Å²) >= 11 is 0. The van der Waals surface area contributed by atoms with Gasteiger partial charge in [-0.1, -0.05) is 0 Å². The number of hydrogen-bond donors (Lipinski definition) is 2. The van der Waals surface area contributed by atoms with Gasteiger partial charge in [0.2, 0.25) is 0 Å². The monoisotopic (exact) mass is 350 g/mol. The van der Waals surface area contributed by atoms with E-state index < -0.39 is 0 Å². The molecule has 0 radical (unpaired) electrons. The van der Waals surface area contributed by atoms with Crippen molar-refractivity contribution in [2.24, 2.45) is 10.7 Å². The predicted octanol–water partition coefficient (Wildman–Crippen LogP) is 3.33. The average molecular weight is 351 g/mol. The van der Waals surface area contributed by atoms with Gasteiger partial charge in [-0.05, 0) is 53.7 Å². The van der Waals surface area contributed by atoms with Crippen LogP contribution < -0.4 is 20.5 Å². The summed E-state index contributed by atoms with van der Waals surface area (Å²) in [6, 6.07) is 6.61. The van der Waals surface area contributed by atoms with Crippen molar-refractivity contribution in [3.63, 3.8) is 0 Å². The largest absolute Gasteiger partial charge is 0.494 e. The summed E-state index contributed by atoms with van der Waals surface area (Å²) in [6.45, 7) is 15.4. The zero-order valence-electron chi connectivity index (χ0n) is 16.5. The summed E-state index contributed by atoms with van der Waals surface area (Å²) in [5.41, 5.74) is 6.82. The molecule has 0 amide bonds. The van der Waals surface area contributed by atoms with Crippen LogP contribution in [-0.4, -0.2) is 49.2 Å². The molecular formula is C19H34N4O2. The normalized spacial score (nSPS) is 12.1. The number of nitrogens with two attached hydrogens (primary N) is 1. The molecule has 0 bridgehead atoms. The molecule has 0 aliphatic carbocycles. The van der Waals surface area contributed by atoms with E-state index >= 15 is 0 Å². The Labute approximate surface area is 152 Å². The quantitative estimate of drug-likeness (QED) is 0.500. The molecule has 0 aliphatic rings. The maximum atomic E-state index is 6.06. The van der Waals surface area contributed by atoms with Crippen molar-refractivity contribution in [3.8, 4) is 11.5 Å². The zero-order valence-corrected chi connectivity index (χ0v) is 16.5. The van der Waals surface area contributed by atoms with Gasteiger partial charge < -0.3 is 20.5 Å². The highest BCUT2D eigenvalue weighted by Gasteiger charge is 2.12. The standard InChI is InChI=1S/C19H34N4O2/c1-7-24-16-9-10-18(25-8-2)17(13-16)22-19(20)21-11-12-23(14(3)4)15(5)6/h9-10,13-15H,7-8,11-12H2,1-6H3,(H3,20,21,22). The molecule has 6 nitrogen and oxygen atoms in total. The number of ether oxygens (including phenoxy) is 2. The predicted molar refractivity (Wildman–Crippen MR) is 106 cm³/mol. The molecule has 142 valence electrons. The molecule has 0 saturated carbocycles. The minimum atomic E-state index is 0.377. The summed E-state index contributed by atoms with van der Waals surface area (Å²) in [7, 11) is 0. The van der Waals surface area contributed by atoms with Gasteiger partial charge in [0.1, 0.15) is 11.5 Å². The second kappa shape index (κ2) is 10.8. The highest BCUT2D eigenvalue weighted by Crippen LogP contribution is 2.29. The van der Waals surface area contributed by atoms with E-state index in [2.05, 4.69) is 42.9 Å². The Hall–Kier alpha value is -1.95. The Bertz CT molecular complexity index is 536. The number of nitrogens with one attached hydrogen (secondary N) is 1. The van der Waals surface area contributed by atoms with Crippen LogP contribution in [0.15, 0.2) is 23.2 Å². The van der Waals surface area contributed by atoms with Crippen LogP contribution in [0.1, 0.15) is 41.5 Å². The lowest BCUT2D eigenvalue weighted by atomic mass is 10.2. The Morgan fingerprint density at radius 1 is 1.12 bits per heavy atom. The molecule has 6 heteroatoms. The number of nitrogens with zero attached hydrogens (tertiary/aromatic N) is 2. The van der Waals surface area contributed by atoms with E-state index in [4.69, 9.17) is 15.2 Å². The lowest BCUT2D eigenvalue weighted by Crippen LogP contribution is -2.39. The first-order chi connectivity index (χ1) is 11.9. The van der Waals surface area contributed by atoms with E-state index in [1.165, 1.54) is 0 Å². The van der Waals surface area contributed by atoms with Crippen LogP contribution >= 0.6 is 0 Å². The van der Waals surface area contributed by atoms with Gasteiger partial charge in [-0.2, -0.15) is 0 Å². The van der Waals surface area contributed by atoms with Crippen molar-refractivity contribution in [2.45, 2.75) is 53.6 Å². The van der Waals surface area contributed by atoms with Crippen molar-refractivity contribution in [1.29, 1.82) is 0 Å². The summed E-state index contributed by atoms with van der Waals surface area (Å²) in [4.78, 5) is 6.83. The van der Waals surface area contributed by atoms with Gasteiger partial charge in [-0.15, -0.1) is 0 Å². The summed E-state index contributed by atoms with van der Waals surface area (Å²) < 4.78 is 11.2. The van der Waals surface area contributed by atoms with Crippen molar-refractivity contribution >= 4 is 11.6 Å². The molecule has 0 aromatic heterocycles. The van der Waals surface area contributed by atoms with Gasteiger partial charge in [0.05, 0.1) is 25.4 Å². The number of benzene rings is 1. The van der Waals surface area contributed by atoms with Crippen LogP contribution in [0.4, 0.5) is 5.69 Å². The summed E-state index contributed by atoms with van der Waals surface area (Å²) in [6.07, 6.45) is 0. The van der Waals surface area contributed by atoms with E-state index in [-0.39, 0.29) is 0 Å². The second-order valence-corrected chi connectivity index (χ2v) is 6.34.